The van der Waals surface area contributed by atoms with Crippen LogP contribution in [0.25, 0.3) is 0 Å². The third kappa shape index (κ3) is 3.78. The van der Waals surface area contributed by atoms with E-state index in [1.807, 2.05) is 30.3 Å². The number of aromatic amines is 1. The largest absolute Gasteiger partial charge is 0.331 e. The molecule has 0 atom stereocenters. The zero-order chi connectivity index (χ0) is 13.7. The summed E-state index contributed by atoms with van der Waals surface area (Å²) in [6, 6.07) is 11.0. The van der Waals surface area contributed by atoms with E-state index in [4.69, 9.17) is 12.2 Å². The van der Waals surface area contributed by atoms with Gasteiger partial charge in [0.2, 0.25) is 0 Å². The highest BCUT2D eigenvalue weighted by Crippen LogP contribution is 2.06. The van der Waals surface area contributed by atoms with E-state index in [9.17, 15) is 4.79 Å². The van der Waals surface area contributed by atoms with E-state index in [0.717, 1.165) is 5.69 Å². The van der Waals surface area contributed by atoms with Gasteiger partial charge in [0.05, 0.1) is 11.9 Å². The van der Waals surface area contributed by atoms with Crippen molar-refractivity contribution in [2.24, 2.45) is 0 Å². The molecular formula is C12H13N5OS. The van der Waals surface area contributed by atoms with Gasteiger partial charge in [-0.3, -0.25) is 15.2 Å². The van der Waals surface area contributed by atoms with Crippen molar-refractivity contribution in [2.45, 2.75) is 0 Å². The first kappa shape index (κ1) is 13.0. The quantitative estimate of drug-likeness (QED) is 0.575. The third-order valence-corrected chi connectivity index (χ3v) is 2.53. The van der Waals surface area contributed by atoms with E-state index in [1.54, 1.807) is 12.1 Å². The minimum absolute atomic E-state index is 0.270. The molecule has 0 radical (unpaired) electrons. The maximum absolute atomic E-state index is 11.2. The number of aromatic nitrogens is 2. The van der Waals surface area contributed by atoms with Crippen LogP contribution in [-0.2, 0) is 0 Å². The predicted molar refractivity (Wildman–Crippen MR) is 79.1 cm³/mol. The van der Waals surface area contributed by atoms with Crippen LogP contribution in [0.3, 0.4) is 0 Å². The molecule has 0 spiro atoms. The number of hydrogen-bond donors (Lipinski definition) is 3. The van der Waals surface area contributed by atoms with Gasteiger partial charge in [0.25, 0.3) is 5.56 Å². The summed E-state index contributed by atoms with van der Waals surface area (Å²) in [7, 11) is 1.75. The highest BCUT2D eigenvalue weighted by atomic mass is 32.1. The minimum Gasteiger partial charge on any atom is -0.331 e. The smallest absolute Gasteiger partial charge is 0.266 e. The predicted octanol–water partition coefficient (Wildman–Crippen LogP) is 1.11. The zero-order valence-corrected chi connectivity index (χ0v) is 11.1. The Bertz CT molecular complexity index is 613. The van der Waals surface area contributed by atoms with Crippen molar-refractivity contribution in [2.75, 3.05) is 17.4 Å². The summed E-state index contributed by atoms with van der Waals surface area (Å²) in [5, 5.41) is 11.1. The van der Waals surface area contributed by atoms with E-state index < -0.39 is 0 Å². The van der Waals surface area contributed by atoms with Gasteiger partial charge in [-0.2, -0.15) is 5.10 Å². The summed E-state index contributed by atoms with van der Waals surface area (Å²) in [6.07, 6.45) is 1.53. The zero-order valence-electron chi connectivity index (χ0n) is 10.3. The van der Waals surface area contributed by atoms with E-state index in [-0.39, 0.29) is 5.56 Å². The van der Waals surface area contributed by atoms with Crippen LogP contribution in [0, 0.1) is 0 Å². The minimum atomic E-state index is -0.270. The highest BCUT2D eigenvalue weighted by molar-refractivity contribution is 7.80. The first-order valence-corrected chi connectivity index (χ1v) is 5.97. The Labute approximate surface area is 115 Å². The Morgan fingerprint density at radius 1 is 1.37 bits per heavy atom. The fraction of sp³-hybridized carbons (Fsp3) is 0.0833. The van der Waals surface area contributed by atoms with Crippen molar-refractivity contribution in [1.82, 2.24) is 15.6 Å². The molecule has 0 amide bonds. The Kier molecular flexibility index (Phi) is 4.09. The van der Waals surface area contributed by atoms with Crippen LogP contribution in [0.5, 0.6) is 0 Å². The van der Waals surface area contributed by atoms with Crippen molar-refractivity contribution < 1.29 is 0 Å². The van der Waals surface area contributed by atoms with Gasteiger partial charge in [-0.05, 0) is 24.4 Å². The van der Waals surface area contributed by atoms with Gasteiger partial charge in [0.1, 0.15) is 0 Å². The molecule has 0 aliphatic heterocycles. The van der Waals surface area contributed by atoms with Crippen LogP contribution in [0.2, 0.25) is 0 Å². The van der Waals surface area contributed by atoms with Gasteiger partial charge >= 0.3 is 0 Å². The van der Waals surface area contributed by atoms with Crippen LogP contribution in [0.15, 0.2) is 47.4 Å². The normalized spacial score (nSPS) is 9.74. The van der Waals surface area contributed by atoms with Crippen molar-refractivity contribution in [3.8, 4) is 0 Å². The fourth-order valence-corrected chi connectivity index (χ4v) is 1.70. The Balaban J connectivity index is 1.97. The molecule has 0 aliphatic carbocycles. The van der Waals surface area contributed by atoms with Gasteiger partial charge in [0, 0.05) is 18.8 Å². The summed E-state index contributed by atoms with van der Waals surface area (Å²) in [4.78, 5) is 11.2. The lowest BCUT2D eigenvalue weighted by Crippen LogP contribution is -2.42. The number of rotatable bonds is 3. The molecule has 0 unspecified atom stereocenters. The van der Waals surface area contributed by atoms with E-state index in [1.165, 1.54) is 12.3 Å². The van der Waals surface area contributed by atoms with Crippen molar-refractivity contribution in [3.63, 3.8) is 0 Å². The maximum atomic E-state index is 11.2. The average molecular weight is 275 g/mol. The second-order valence-corrected chi connectivity index (χ2v) is 4.20. The number of anilines is 2. The Morgan fingerprint density at radius 2 is 2.11 bits per heavy atom. The monoisotopic (exact) mass is 275 g/mol. The summed E-state index contributed by atoms with van der Waals surface area (Å²) in [5.74, 6) is 0. The van der Waals surface area contributed by atoms with E-state index in [2.05, 4.69) is 20.9 Å². The molecule has 2 aromatic rings. The molecule has 1 aromatic heterocycles. The lowest BCUT2D eigenvalue weighted by Gasteiger charge is -2.21. The van der Waals surface area contributed by atoms with Gasteiger partial charge < -0.3 is 5.32 Å². The molecule has 3 N–H and O–H groups in total. The lowest BCUT2D eigenvalue weighted by atomic mass is 10.3. The van der Waals surface area contributed by atoms with E-state index in [0.29, 0.717) is 10.8 Å². The van der Waals surface area contributed by atoms with Crippen molar-refractivity contribution in [1.29, 1.82) is 0 Å². The molecular weight excluding hydrogens is 262 g/mol. The van der Waals surface area contributed by atoms with Crippen LogP contribution in [0.4, 0.5) is 11.4 Å². The molecule has 2 rings (SSSR count). The first-order chi connectivity index (χ1) is 9.15. The number of benzene rings is 1. The van der Waals surface area contributed by atoms with Crippen molar-refractivity contribution in [3.05, 3.63) is 52.9 Å². The van der Waals surface area contributed by atoms with Crippen LogP contribution >= 0.6 is 12.2 Å². The number of H-pyrrole nitrogens is 1. The van der Waals surface area contributed by atoms with Gasteiger partial charge in [-0.1, -0.05) is 18.2 Å². The number of thiocarbonyl (C=S) groups is 1. The second-order valence-electron chi connectivity index (χ2n) is 3.79. The molecule has 6 nitrogen and oxygen atoms in total. The standard InChI is InChI=1S/C12H13N5OS/c1-17(10-7-11(18)15-13-8-10)16-12(19)14-9-5-3-2-4-6-9/h2-8H,1H3,(H,15,18)(H2,14,16,19). The van der Waals surface area contributed by atoms with Gasteiger partial charge in [-0.25, -0.2) is 5.10 Å². The second kappa shape index (κ2) is 5.96. The van der Waals surface area contributed by atoms with E-state index >= 15 is 0 Å². The fourth-order valence-electron chi connectivity index (χ4n) is 1.45. The molecule has 1 aromatic carbocycles. The van der Waals surface area contributed by atoms with Gasteiger partial charge in [0.15, 0.2) is 5.11 Å². The van der Waals surface area contributed by atoms with Crippen LogP contribution < -0.4 is 21.3 Å². The summed E-state index contributed by atoms with van der Waals surface area (Å²) in [5.41, 5.74) is 4.16. The maximum Gasteiger partial charge on any atom is 0.266 e. The molecule has 0 aliphatic rings. The topological polar surface area (TPSA) is 73.0 Å². The highest BCUT2D eigenvalue weighted by Gasteiger charge is 2.04. The molecule has 7 heteroatoms. The SMILES string of the molecule is CN(NC(=S)Nc1ccccc1)c1cn[nH]c(=O)c1. The van der Waals surface area contributed by atoms with Crippen molar-refractivity contribution >= 4 is 28.7 Å². The lowest BCUT2D eigenvalue weighted by molar-refractivity contribution is 0.866. The summed E-state index contributed by atoms with van der Waals surface area (Å²) < 4.78 is 0. The summed E-state index contributed by atoms with van der Waals surface area (Å²) >= 11 is 5.17. The molecule has 19 heavy (non-hydrogen) atoms. The number of nitrogens with zero attached hydrogens (tertiary/aromatic N) is 2. The molecule has 98 valence electrons. The Hall–Kier alpha value is -2.41. The van der Waals surface area contributed by atoms with Crippen LogP contribution in [0.1, 0.15) is 0 Å². The molecule has 0 saturated carbocycles. The third-order valence-electron chi connectivity index (χ3n) is 2.34. The summed E-state index contributed by atoms with van der Waals surface area (Å²) in [6.45, 7) is 0. The van der Waals surface area contributed by atoms with Gasteiger partial charge in [-0.15, -0.1) is 0 Å². The number of para-hydroxylation sites is 1. The average Bonchev–Trinajstić information content (AvgIpc) is 2.39. The molecule has 0 fully saturated rings. The van der Waals surface area contributed by atoms with Crippen LogP contribution in [-0.4, -0.2) is 22.4 Å². The molecule has 0 bridgehead atoms. The molecule has 0 saturated heterocycles. The number of hydrogen-bond acceptors (Lipinski definition) is 4. The molecule has 1 heterocycles. The number of hydrazine groups is 1. The first-order valence-electron chi connectivity index (χ1n) is 5.56. The Morgan fingerprint density at radius 3 is 2.79 bits per heavy atom. The number of nitrogens with one attached hydrogen (secondary N) is 3.